The van der Waals surface area contributed by atoms with Gasteiger partial charge in [-0.05, 0) is 12.1 Å². The molecule has 1 aromatic rings. The third-order valence-corrected chi connectivity index (χ3v) is 3.09. The molecular formula is C12H15N3. The first-order valence-corrected chi connectivity index (χ1v) is 5.25. The number of nitrogens with zero attached hydrogens (tertiary/aromatic N) is 2. The summed E-state index contributed by atoms with van der Waals surface area (Å²) < 4.78 is 0. The summed E-state index contributed by atoms with van der Waals surface area (Å²) in [5.41, 5.74) is 5.32. The molecule has 2 heterocycles. The quantitative estimate of drug-likeness (QED) is 0.747. The predicted octanol–water partition coefficient (Wildman–Crippen LogP) is 1.79. The molecule has 0 atom stereocenters. The standard InChI is InChI=1S/C12H15N3/c1-14(2)10-6-9-4-3-5-11-12(9)15(7-10)8-13-11/h3-6,13H,7-8H2,1-2H3. The number of likely N-dealkylation sites (N-methyl/N-ethyl adjacent to an activating group) is 1. The summed E-state index contributed by atoms with van der Waals surface area (Å²) in [4.78, 5) is 4.58. The van der Waals surface area contributed by atoms with E-state index in [4.69, 9.17) is 0 Å². The molecule has 0 radical (unpaired) electrons. The minimum absolute atomic E-state index is 0.928. The lowest BCUT2D eigenvalue weighted by Gasteiger charge is -2.29. The molecule has 1 N–H and O–H groups in total. The van der Waals surface area contributed by atoms with E-state index in [1.54, 1.807) is 0 Å². The second-order valence-electron chi connectivity index (χ2n) is 4.31. The van der Waals surface area contributed by atoms with E-state index < -0.39 is 0 Å². The van der Waals surface area contributed by atoms with Crippen molar-refractivity contribution in [2.45, 2.75) is 0 Å². The third-order valence-electron chi connectivity index (χ3n) is 3.09. The van der Waals surface area contributed by atoms with Crippen LogP contribution in [0.5, 0.6) is 0 Å². The van der Waals surface area contributed by atoms with Gasteiger partial charge in [-0.15, -0.1) is 0 Å². The first kappa shape index (κ1) is 8.65. The summed E-state index contributed by atoms with van der Waals surface area (Å²) in [7, 11) is 4.20. The van der Waals surface area contributed by atoms with Crippen LogP contribution in [-0.4, -0.2) is 32.2 Å². The molecule has 1 aromatic carbocycles. The van der Waals surface area contributed by atoms with Gasteiger partial charge >= 0.3 is 0 Å². The van der Waals surface area contributed by atoms with Crippen LogP contribution in [0.15, 0.2) is 23.9 Å². The molecule has 0 spiro atoms. The fourth-order valence-corrected chi connectivity index (χ4v) is 2.26. The molecule has 0 saturated heterocycles. The van der Waals surface area contributed by atoms with Gasteiger partial charge < -0.3 is 15.1 Å². The first-order valence-electron chi connectivity index (χ1n) is 5.25. The zero-order chi connectivity index (χ0) is 10.4. The fourth-order valence-electron chi connectivity index (χ4n) is 2.26. The van der Waals surface area contributed by atoms with Gasteiger partial charge in [0.1, 0.15) is 0 Å². The van der Waals surface area contributed by atoms with Crippen LogP contribution < -0.4 is 10.2 Å². The average molecular weight is 201 g/mol. The van der Waals surface area contributed by atoms with Gasteiger partial charge in [0.15, 0.2) is 0 Å². The molecule has 3 heteroatoms. The Kier molecular flexibility index (Phi) is 1.69. The average Bonchev–Trinajstić information content (AvgIpc) is 2.64. The lowest BCUT2D eigenvalue weighted by Crippen LogP contribution is -2.32. The van der Waals surface area contributed by atoms with Gasteiger partial charge in [0.2, 0.25) is 0 Å². The topological polar surface area (TPSA) is 18.5 Å². The van der Waals surface area contributed by atoms with Crippen LogP contribution >= 0.6 is 0 Å². The number of para-hydroxylation sites is 1. The Morgan fingerprint density at radius 1 is 1.33 bits per heavy atom. The lowest BCUT2D eigenvalue weighted by molar-refractivity contribution is 0.501. The number of benzene rings is 1. The normalized spacial score (nSPS) is 16.9. The Balaban J connectivity index is 2.14. The molecule has 0 aliphatic carbocycles. The van der Waals surface area contributed by atoms with Crippen LogP contribution in [0.25, 0.3) is 6.08 Å². The molecule has 3 rings (SSSR count). The number of anilines is 2. The van der Waals surface area contributed by atoms with Crippen LogP contribution in [0.2, 0.25) is 0 Å². The minimum Gasteiger partial charge on any atom is -0.379 e. The Labute approximate surface area is 90.0 Å². The largest absolute Gasteiger partial charge is 0.379 e. The van der Waals surface area contributed by atoms with E-state index >= 15 is 0 Å². The molecule has 2 aliphatic rings. The zero-order valence-electron chi connectivity index (χ0n) is 9.12. The summed E-state index contributed by atoms with van der Waals surface area (Å²) in [6.45, 7) is 1.93. The number of hydrogen-bond donors (Lipinski definition) is 1. The van der Waals surface area contributed by atoms with E-state index in [0.717, 1.165) is 13.2 Å². The van der Waals surface area contributed by atoms with Crippen LogP contribution in [0, 0.1) is 0 Å². The highest BCUT2D eigenvalue weighted by molar-refractivity contribution is 5.86. The molecule has 0 aromatic heterocycles. The van der Waals surface area contributed by atoms with E-state index in [0.29, 0.717) is 0 Å². The van der Waals surface area contributed by atoms with Crippen molar-refractivity contribution < 1.29 is 0 Å². The fraction of sp³-hybridized carbons (Fsp3) is 0.333. The number of nitrogens with one attached hydrogen (secondary N) is 1. The van der Waals surface area contributed by atoms with Gasteiger partial charge in [-0.25, -0.2) is 0 Å². The molecule has 3 nitrogen and oxygen atoms in total. The van der Waals surface area contributed by atoms with Crippen molar-refractivity contribution in [2.24, 2.45) is 0 Å². The van der Waals surface area contributed by atoms with Crippen LogP contribution in [0.1, 0.15) is 5.56 Å². The Hall–Kier alpha value is -1.64. The molecular weight excluding hydrogens is 186 g/mol. The molecule has 0 amide bonds. The van der Waals surface area contributed by atoms with E-state index in [-0.39, 0.29) is 0 Å². The molecule has 2 aliphatic heterocycles. The number of hydrogen-bond acceptors (Lipinski definition) is 3. The summed E-state index contributed by atoms with van der Waals surface area (Å²) >= 11 is 0. The Morgan fingerprint density at radius 3 is 3.00 bits per heavy atom. The van der Waals surface area contributed by atoms with Gasteiger partial charge in [0, 0.05) is 25.4 Å². The third kappa shape index (κ3) is 1.19. The summed E-state index contributed by atoms with van der Waals surface area (Å²) in [5, 5.41) is 3.42. The monoisotopic (exact) mass is 201 g/mol. The second kappa shape index (κ2) is 2.92. The molecule has 0 saturated carbocycles. The lowest BCUT2D eigenvalue weighted by atomic mass is 10.1. The zero-order valence-corrected chi connectivity index (χ0v) is 9.12. The highest BCUT2D eigenvalue weighted by Crippen LogP contribution is 2.39. The predicted molar refractivity (Wildman–Crippen MR) is 63.9 cm³/mol. The SMILES string of the molecule is CN(C)C1=Cc2cccc3c2N(CN3)C1. The van der Waals surface area contributed by atoms with Crippen LogP contribution in [0.3, 0.4) is 0 Å². The molecule has 0 bridgehead atoms. The van der Waals surface area contributed by atoms with Gasteiger partial charge in [-0.2, -0.15) is 0 Å². The van der Waals surface area contributed by atoms with Crippen molar-refractivity contribution in [3.8, 4) is 0 Å². The van der Waals surface area contributed by atoms with Crippen molar-refractivity contribution in [1.82, 2.24) is 4.90 Å². The highest BCUT2D eigenvalue weighted by Gasteiger charge is 2.25. The van der Waals surface area contributed by atoms with Crippen LogP contribution in [0.4, 0.5) is 11.4 Å². The van der Waals surface area contributed by atoms with Crippen molar-refractivity contribution >= 4 is 17.5 Å². The minimum atomic E-state index is 0.928. The maximum atomic E-state index is 3.42. The molecule has 0 fully saturated rings. The maximum Gasteiger partial charge on any atom is 0.0882 e. The van der Waals surface area contributed by atoms with Crippen molar-refractivity contribution in [3.63, 3.8) is 0 Å². The first-order chi connectivity index (χ1) is 7.25. The number of rotatable bonds is 1. The van der Waals surface area contributed by atoms with Crippen molar-refractivity contribution in [3.05, 3.63) is 29.5 Å². The Morgan fingerprint density at radius 2 is 2.20 bits per heavy atom. The van der Waals surface area contributed by atoms with Crippen LogP contribution in [-0.2, 0) is 0 Å². The van der Waals surface area contributed by atoms with E-state index in [1.165, 1.54) is 22.6 Å². The van der Waals surface area contributed by atoms with E-state index in [1.807, 2.05) is 0 Å². The summed E-state index contributed by atoms with van der Waals surface area (Å²) in [6, 6.07) is 6.44. The van der Waals surface area contributed by atoms with E-state index in [9.17, 15) is 0 Å². The maximum absolute atomic E-state index is 3.42. The second-order valence-corrected chi connectivity index (χ2v) is 4.31. The molecule has 78 valence electrons. The van der Waals surface area contributed by atoms with Crippen molar-refractivity contribution in [1.29, 1.82) is 0 Å². The van der Waals surface area contributed by atoms with Gasteiger partial charge in [0.25, 0.3) is 0 Å². The van der Waals surface area contributed by atoms with E-state index in [2.05, 4.69) is 53.5 Å². The van der Waals surface area contributed by atoms with Gasteiger partial charge in [-0.3, -0.25) is 0 Å². The summed E-state index contributed by atoms with van der Waals surface area (Å²) in [5.74, 6) is 0. The smallest absolute Gasteiger partial charge is 0.0882 e. The highest BCUT2D eigenvalue weighted by atomic mass is 15.3. The molecule has 0 unspecified atom stereocenters. The van der Waals surface area contributed by atoms with Gasteiger partial charge in [-0.1, -0.05) is 12.1 Å². The Bertz CT molecular complexity index is 434. The van der Waals surface area contributed by atoms with Gasteiger partial charge in [0.05, 0.1) is 24.6 Å². The molecule has 15 heavy (non-hydrogen) atoms. The van der Waals surface area contributed by atoms with Crippen molar-refractivity contribution in [2.75, 3.05) is 37.5 Å². The summed E-state index contributed by atoms with van der Waals surface area (Å²) in [6.07, 6.45) is 2.28.